The Hall–Kier alpha value is -1.85. The van der Waals surface area contributed by atoms with Crippen LogP contribution in [0.3, 0.4) is 0 Å². The first-order valence-corrected chi connectivity index (χ1v) is 8.13. The van der Waals surface area contributed by atoms with Crippen molar-refractivity contribution in [1.29, 1.82) is 0 Å². The van der Waals surface area contributed by atoms with Crippen molar-refractivity contribution < 1.29 is 9.15 Å². The number of benzene rings is 1. The van der Waals surface area contributed by atoms with Crippen LogP contribution in [0, 0.1) is 20.8 Å². The third-order valence-electron chi connectivity index (χ3n) is 4.45. The third kappa shape index (κ3) is 3.41. The highest BCUT2D eigenvalue weighted by Gasteiger charge is 2.18. The molecular weight excluding hydrogens is 290 g/mol. The van der Waals surface area contributed by atoms with Gasteiger partial charge in [-0.05, 0) is 44.0 Å². The van der Waals surface area contributed by atoms with Crippen LogP contribution in [-0.4, -0.2) is 43.2 Å². The number of methoxy groups -OCH3 is 1. The Labute approximate surface area is 137 Å². The topological polar surface area (TPSA) is 50.5 Å². The summed E-state index contributed by atoms with van der Waals surface area (Å²) in [5.41, 5.74) is 4.28. The van der Waals surface area contributed by atoms with Crippen molar-refractivity contribution in [3.63, 3.8) is 0 Å². The molecule has 0 saturated carbocycles. The van der Waals surface area contributed by atoms with Crippen molar-refractivity contribution in [2.45, 2.75) is 27.3 Å². The lowest BCUT2D eigenvalue weighted by Crippen LogP contribution is -2.43. The number of hydrogen-bond donors (Lipinski definition) is 1. The fourth-order valence-corrected chi connectivity index (χ4v) is 3.01. The van der Waals surface area contributed by atoms with Gasteiger partial charge in [-0.25, -0.2) is 4.98 Å². The summed E-state index contributed by atoms with van der Waals surface area (Å²) >= 11 is 0. The van der Waals surface area contributed by atoms with Gasteiger partial charge in [0.15, 0.2) is 0 Å². The first kappa shape index (κ1) is 16.0. The molecule has 23 heavy (non-hydrogen) atoms. The molecule has 5 heteroatoms. The van der Waals surface area contributed by atoms with Gasteiger partial charge in [0.05, 0.1) is 12.8 Å². The Kier molecular flexibility index (Phi) is 4.68. The summed E-state index contributed by atoms with van der Waals surface area (Å²) in [6.45, 7) is 11.2. The van der Waals surface area contributed by atoms with E-state index in [0.717, 1.165) is 66.6 Å². The Morgan fingerprint density at radius 1 is 1.17 bits per heavy atom. The lowest BCUT2D eigenvalue weighted by atomic mass is 10.0. The Balaban J connectivity index is 1.86. The molecule has 0 spiro atoms. The molecule has 1 aliphatic heterocycles. The molecule has 5 nitrogen and oxygen atoms in total. The van der Waals surface area contributed by atoms with Gasteiger partial charge in [0.25, 0.3) is 0 Å². The van der Waals surface area contributed by atoms with E-state index in [4.69, 9.17) is 14.1 Å². The molecule has 0 atom stereocenters. The van der Waals surface area contributed by atoms with Gasteiger partial charge in [-0.1, -0.05) is 0 Å². The van der Waals surface area contributed by atoms with Gasteiger partial charge in [0, 0.05) is 38.3 Å². The molecule has 1 aromatic carbocycles. The van der Waals surface area contributed by atoms with Crippen LogP contribution in [-0.2, 0) is 6.54 Å². The maximum atomic E-state index is 5.96. The van der Waals surface area contributed by atoms with Crippen LogP contribution in [0.2, 0.25) is 0 Å². The minimum Gasteiger partial charge on any atom is -0.496 e. The van der Waals surface area contributed by atoms with E-state index in [-0.39, 0.29) is 0 Å². The number of aryl methyl sites for hydroxylation is 3. The number of nitrogens with zero attached hydrogens (tertiary/aromatic N) is 2. The van der Waals surface area contributed by atoms with Gasteiger partial charge < -0.3 is 14.5 Å². The smallest absolute Gasteiger partial charge is 0.226 e. The van der Waals surface area contributed by atoms with Crippen molar-refractivity contribution in [1.82, 2.24) is 15.2 Å². The number of oxazole rings is 1. The highest BCUT2D eigenvalue weighted by molar-refractivity contribution is 5.62. The first-order valence-electron chi connectivity index (χ1n) is 8.13. The number of aromatic nitrogens is 1. The lowest BCUT2D eigenvalue weighted by molar-refractivity contribution is 0.230. The van der Waals surface area contributed by atoms with Gasteiger partial charge in [0.2, 0.25) is 5.89 Å². The quantitative estimate of drug-likeness (QED) is 0.940. The highest BCUT2D eigenvalue weighted by atomic mass is 16.5. The van der Waals surface area contributed by atoms with Crippen molar-refractivity contribution in [2.75, 3.05) is 33.3 Å². The summed E-state index contributed by atoms with van der Waals surface area (Å²) in [6, 6.07) is 4.13. The molecule has 0 unspecified atom stereocenters. The predicted octanol–water partition coefficient (Wildman–Crippen LogP) is 2.68. The average molecular weight is 315 g/mol. The highest BCUT2D eigenvalue weighted by Crippen LogP contribution is 2.30. The van der Waals surface area contributed by atoms with Crippen molar-refractivity contribution in [3.8, 4) is 17.2 Å². The van der Waals surface area contributed by atoms with E-state index in [1.54, 1.807) is 7.11 Å². The Morgan fingerprint density at radius 3 is 2.61 bits per heavy atom. The zero-order valence-electron chi connectivity index (χ0n) is 14.4. The number of piperazine rings is 1. The fourth-order valence-electron chi connectivity index (χ4n) is 3.01. The predicted molar refractivity (Wildman–Crippen MR) is 90.8 cm³/mol. The molecule has 1 fully saturated rings. The lowest BCUT2D eigenvalue weighted by Gasteiger charge is -2.26. The molecule has 0 amide bonds. The average Bonchev–Trinajstić information content (AvgIpc) is 2.91. The number of nitrogens with one attached hydrogen (secondary N) is 1. The van der Waals surface area contributed by atoms with Crippen LogP contribution >= 0.6 is 0 Å². The van der Waals surface area contributed by atoms with Crippen molar-refractivity contribution >= 4 is 0 Å². The second-order valence-corrected chi connectivity index (χ2v) is 6.18. The summed E-state index contributed by atoms with van der Waals surface area (Å²) in [5, 5.41) is 3.37. The molecule has 1 aliphatic rings. The Morgan fingerprint density at radius 2 is 1.91 bits per heavy atom. The first-order chi connectivity index (χ1) is 11.1. The number of rotatable bonds is 4. The van der Waals surface area contributed by atoms with E-state index < -0.39 is 0 Å². The summed E-state index contributed by atoms with van der Waals surface area (Å²) in [7, 11) is 1.70. The van der Waals surface area contributed by atoms with E-state index in [1.165, 1.54) is 0 Å². The zero-order valence-corrected chi connectivity index (χ0v) is 14.4. The van der Waals surface area contributed by atoms with Crippen LogP contribution in [0.4, 0.5) is 0 Å². The molecule has 1 saturated heterocycles. The van der Waals surface area contributed by atoms with Gasteiger partial charge in [-0.15, -0.1) is 0 Å². The maximum Gasteiger partial charge on any atom is 0.226 e. The van der Waals surface area contributed by atoms with E-state index in [9.17, 15) is 0 Å². The minimum atomic E-state index is 0.705. The SMILES string of the molecule is COc1cc(C)c(-c2nc(CN3CCNCC3)c(C)o2)cc1C. The van der Waals surface area contributed by atoms with Crippen LogP contribution in [0.15, 0.2) is 16.5 Å². The summed E-state index contributed by atoms with van der Waals surface area (Å²) < 4.78 is 11.3. The van der Waals surface area contributed by atoms with E-state index in [0.29, 0.717) is 5.89 Å². The van der Waals surface area contributed by atoms with E-state index in [2.05, 4.69) is 23.2 Å². The molecule has 3 rings (SSSR count). The minimum absolute atomic E-state index is 0.705. The third-order valence-corrected chi connectivity index (χ3v) is 4.45. The van der Waals surface area contributed by atoms with Crippen LogP contribution in [0.5, 0.6) is 5.75 Å². The monoisotopic (exact) mass is 315 g/mol. The molecule has 2 aromatic rings. The van der Waals surface area contributed by atoms with Crippen LogP contribution < -0.4 is 10.1 Å². The molecule has 1 N–H and O–H groups in total. The van der Waals surface area contributed by atoms with Gasteiger partial charge in [-0.3, -0.25) is 4.90 Å². The second-order valence-electron chi connectivity index (χ2n) is 6.18. The van der Waals surface area contributed by atoms with Crippen molar-refractivity contribution in [2.24, 2.45) is 0 Å². The van der Waals surface area contributed by atoms with Gasteiger partial charge in [0.1, 0.15) is 11.5 Å². The molecule has 0 bridgehead atoms. The van der Waals surface area contributed by atoms with E-state index >= 15 is 0 Å². The molecule has 2 heterocycles. The van der Waals surface area contributed by atoms with Gasteiger partial charge in [-0.2, -0.15) is 0 Å². The largest absolute Gasteiger partial charge is 0.496 e. The molecule has 124 valence electrons. The molecule has 1 aromatic heterocycles. The molecular formula is C18H25N3O2. The Bertz CT molecular complexity index is 688. The zero-order chi connectivity index (χ0) is 16.4. The van der Waals surface area contributed by atoms with Crippen LogP contribution in [0.25, 0.3) is 11.5 Å². The van der Waals surface area contributed by atoms with Crippen LogP contribution in [0.1, 0.15) is 22.6 Å². The normalized spacial score (nSPS) is 15.8. The summed E-state index contributed by atoms with van der Waals surface area (Å²) in [4.78, 5) is 7.18. The van der Waals surface area contributed by atoms with E-state index in [1.807, 2.05) is 19.9 Å². The van der Waals surface area contributed by atoms with Gasteiger partial charge >= 0.3 is 0 Å². The second kappa shape index (κ2) is 6.72. The maximum absolute atomic E-state index is 5.96. The standard InChI is InChI=1S/C18H25N3O2/c1-12-10-17(22-4)13(2)9-15(12)18-20-16(14(3)23-18)11-21-7-5-19-6-8-21/h9-10,19H,5-8,11H2,1-4H3. The molecule has 0 radical (unpaired) electrons. The number of ether oxygens (including phenoxy) is 1. The molecule has 0 aliphatic carbocycles. The number of hydrogen-bond acceptors (Lipinski definition) is 5. The summed E-state index contributed by atoms with van der Waals surface area (Å²) in [5.74, 6) is 2.51. The summed E-state index contributed by atoms with van der Waals surface area (Å²) in [6.07, 6.45) is 0. The van der Waals surface area contributed by atoms with Crippen molar-refractivity contribution in [3.05, 3.63) is 34.7 Å². The fraction of sp³-hybridized carbons (Fsp3) is 0.500.